The summed E-state index contributed by atoms with van der Waals surface area (Å²) in [6.45, 7) is 0. The number of halogens is 2. The summed E-state index contributed by atoms with van der Waals surface area (Å²) in [5.74, 6) is -0.300. The minimum Gasteiger partial charge on any atom is -0.366 e. The minimum atomic E-state index is -1.49. The van der Waals surface area contributed by atoms with E-state index in [4.69, 9.17) is 23.2 Å². The number of hydrogen-bond donors (Lipinski definition) is 1. The number of amides is 1. The van der Waals surface area contributed by atoms with Crippen LogP contribution in [0.2, 0.25) is 10.0 Å². The van der Waals surface area contributed by atoms with Gasteiger partial charge in [-0.05, 0) is 29.8 Å². The van der Waals surface area contributed by atoms with Crippen molar-refractivity contribution in [3.05, 3.63) is 80.3 Å². The number of carbonyl (C=O) groups excluding carboxylic acids is 1. The third-order valence-electron chi connectivity index (χ3n) is 4.89. The van der Waals surface area contributed by atoms with E-state index in [0.717, 1.165) is 5.56 Å². The Balaban J connectivity index is 1.79. The van der Waals surface area contributed by atoms with Crippen LogP contribution in [0, 0.1) is 11.3 Å². The molecule has 1 amide bonds. The van der Waals surface area contributed by atoms with Crippen LogP contribution in [0.5, 0.6) is 0 Å². The van der Waals surface area contributed by atoms with Gasteiger partial charge in [-0.1, -0.05) is 47.5 Å². The normalized spacial score (nSPS) is 24.7. The first-order valence-corrected chi connectivity index (χ1v) is 10.0. The van der Waals surface area contributed by atoms with E-state index < -0.39 is 5.72 Å². The molecule has 0 radical (unpaired) electrons. The van der Waals surface area contributed by atoms with Gasteiger partial charge in [-0.2, -0.15) is 5.26 Å². The summed E-state index contributed by atoms with van der Waals surface area (Å²) in [6.07, 6.45) is 0.116. The van der Waals surface area contributed by atoms with Crippen molar-refractivity contribution in [1.29, 1.82) is 5.26 Å². The molecular weight excluding hydrogens is 403 g/mol. The molecule has 0 unspecified atom stereocenters. The molecule has 7 heteroatoms. The van der Waals surface area contributed by atoms with E-state index in [-0.39, 0.29) is 24.0 Å². The van der Waals surface area contributed by atoms with Crippen molar-refractivity contribution in [3.8, 4) is 6.07 Å². The van der Waals surface area contributed by atoms with Crippen molar-refractivity contribution in [1.82, 2.24) is 4.90 Å². The smallest absolute Gasteiger partial charge is 0.231 e. The Labute approximate surface area is 171 Å². The second-order valence-corrected chi connectivity index (χ2v) is 8.32. The lowest BCUT2D eigenvalue weighted by molar-refractivity contribution is -0.149. The highest BCUT2D eigenvalue weighted by Crippen LogP contribution is 2.51. The van der Waals surface area contributed by atoms with Gasteiger partial charge in [0.05, 0.1) is 22.4 Å². The van der Waals surface area contributed by atoms with Gasteiger partial charge >= 0.3 is 0 Å². The molecule has 0 bridgehead atoms. The van der Waals surface area contributed by atoms with E-state index in [1.165, 1.54) is 16.7 Å². The first kappa shape index (κ1) is 18.4. The van der Waals surface area contributed by atoms with Gasteiger partial charge in [0.2, 0.25) is 5.91 Å². The summed E-state index contributed by atoms with van der Waals surface area (Å²) in [6, 6.07) is 16.2. The predicted octanol–water partition coefficient (Wildman–Crippen LogP) is 4.64. The van der Waals surface area contributed by atoms with Crippen molar-refractivity contribution >= 4 is 40.9 Å². The number of nitriles is 1. The standard InChI is InChI=1S/C20H14Cl2N2O2S/c21-14-5-1-12(2-6-14)16-9-18(25)24-19(17(16)10-23)27-11-20(24,26)13-3-7-15(22)8-4-13/h1-8,16,26H,9,11H2/t16-,20-/m1/s1. The fraction of sp³-hybridized carbons (Fsp3) is 0.200. The van der Waals surface area contributed by atoms with Crippen LogP contribution in [-0.2, 0) is 10.5 Å². The van der Waals surface area contributed by atoms with Gasteiger partial charge in [0.25, 0.3) is 0 Å². The molecule has 1 saturated heterocycles. The lowest BCUT2D eigenvalue weighted by Crippen LogP contribution is -2.48. The van der Waals surface area contributed by atoms with E-state index >= 15 is 0 Å². The number of allylic oxidation sites excluding steroid dienone is 1. The summed E-state index contributed by atoms with van der Waals surface area (Å²) >= 11 is 13.2. The highest BCUT2D eigenvalue weighted by atomic mass is 35.5. The molecule has 0 aromatic heterocycles. The van der Waals surface area contributed by atoms with Crippen LogP contribution < -0.4 is 0 Å². The molecular formula is C20H14Cl2N2O2S. The number of nitrogens with zero attached hydrogens (tertiary/aromatic N) is 2. The molecule has 0 spiro atoms. The Morgan fingerprint density at radius 3 is 2.30 bits per heavy atom. The first-order valence-electron chi connectivity index (χ1n) is 8.28. The van der Waals surface area contributed by atoms with Crippen LogP contribution in [0.3, 0.4) is 0 Å². The Morgan fingerprint density at radius 1 is 1.11 bits per heavy atom. The second kappa shape index (κ2) is 6.88. The zero-order valence-corrected chi connectivity index (χ0v) is 16.4. The Kier molecular flexibility index (Phi) is 4.69. The first-order chi connectivity index (χ1) is 12.9. The number of benzene rings is 2. The largest absolute Gasteiger partial charge is 0.366 e. The van der Waals surface area contributed by atoms with Crippen LogP contribution >= 0.6 is 35.0 Å². The predicted molar refractivity (Wildman–Crippen MR) is 106 cm³/mol. The Bertz CT molecular complexity index is 983. The molecule has 2 heterocycles. The molecule has 1 fully saturated rings. The zero-order valence-electron chi connectivity index (χ0n) is 14.0. The average Bonchev–Trinajstić information content (AvgIpc) is 3.02. The van der Waals surface area contributed by atoms with Crippen LogP contribution in [0.15, 0.2) is 59.1 Å². The van der Waals surface area contributed by atoms with Gasteiger partial charge in [0, 0.05) is 27.9 Å². The molecule has 27 heavy (non-hydrogen) atoms. The van der Waals surface area contributed by atoms with Crippen LogP contribution in [0.4, 0.5) is 0 Å². The number of thioether (sulfide) groups is 1. The monoisotopic (exact) mass is 416 g/mol. The summed E-state index contributed by atoms with van der Waals surface area (Å²) < 4.78 is 0. The molecule has 2 aliphatic rings. The maximum Gasteiger partial charge on any atom is 0.231 e. The Hall–Kier alpha value is -1.97. The average molecular weight is 417 g/mol. The number of rotatable bonds is 2. The SMILES string of the molecule is N#CC1=C2SC[C@@](O)(c3ccc(Cl)cc3)N2C(=O)C[C@@H]1c1ccc(Cl)cc1. The molecule has 4 rings (SSSR count). The fourth-order valence-electron chi connectivity index (χ4n) is 3.54. The zero-order chi connectivity index (χ0) is 19.2. The van der Waals surface area contributed by atoms with Crippen molar-refractivity contribution in [2.45, 2.75) is 18.1 Å². The van der Waals surface area contributed by atoms with Crippen molar-refractivity contribution < 1.29 is 9.90 Å². The van der Waals surface area contributed by atoms with E-state index in [1.807, 2.05) is 12.1 Å². The number of hydrogen-bond acceptors (Lipinski definition) is 4. The molecule has 0 aliphatic carbocycles. The van der Waals surface area contributed by atoms with Crippen LogP contribution in [-0.4, -0.2) is 21.7 Å². The maximum atomic E-state index is 13.0. The van der Waals surface area contributed by atoms with E-state index in [0.29, 0.717) is 26.2 Å². The quantitative estimate of drug-likeness (QED) is 0.774. The van der Waals surface area contributed by atoms with Crippen molar-refractivity contribution in [3.63, 3.8) is 0 Å². The number of carbonyl (C=O) groups is 1. The Morgan fingerprint density at radius 2 is 1.70 bits per heavy atom. The second-order valence-electron chi connectivity index (χ2n) is 6.48. The number of aliphatic hydroxyl groups is 1. The highest BCUT2D eigenvalue weighted by Gasteiger charge is 2.51. The third kappa shape index (κ3) is 3.03. The number of fused-ring (bicyclic) bond motifs is 1. The van der Waals surface area contributed by atoms with Gasteiger partial charge in [-0.25, -0.2) is 0 Å². The van der Waals surface area contributed by atoms with Gasteiger partial charge < -0.3 is 5.11 Å². The maximum absolute atomic E-state index is 13.0. The molecule has 1 N–H and O–H groups in total. The summed E-state index contributed by atoms with van der Waals surface area (Å²) in [5, 5.41) is 22.8. The van der Waals surface area contributed by atoms with Crippen molar-refractivity contribution in [2.75, 3.05) is 5.75 Å². The van der Waals surface area contributed by atoms with Crippen LogP contribution in [0.1, 0.15) is 23.5 Å². The van der Waals surface area contributed by atoms with Gasteiger partial charge in [0.15, 0.2) is 5.72 Å². The molecule has 136 valence electrons. The van der Waals surface area contributed by atoms with E-state index in [2.05, 4.69) is 6.07 Å². The molecule has 2 aromatic carbocycles. The summed E-state index contributed by atoms with van der Waals surface area (Å²) in [4.78, 5) is 14.4. The third-order valence-corrected chi connectivity index (χ3v) is 6.62. The highest BCUT2D eigenvalue weighted by molar-refractivity contribution is 8.03. The van der Waals surface area contributed by atoms with Crippen LogP contribution in [0.25, 0.3) is 0 Å². The molecule has 2 aliphatic heterocycles. The van der Waals surface area contributed by atoms with Gasteiger partial charge in [-0.15, -0.1) is 11.8 Å². The van der Waals surface area contributed by atoms with Gasteiger partial charge in [-0.3, -0.25) is 9.69 Å². The topological polar surface area (TPSA) is 64.3 Å². The summed E-state index contributed by atoms with van der Waals surface area (Å²) in [5.41, 5.74) is 0.435. The van der Waals surface area contributed by atoms with Gasteiger partial charge in [0.1, 0.15) is 0 Å². The lowest BCUT2D eigenvalue weighted by Gasteiger charge is -2.38. The lowest BCUT2D eigenvalue weighted by atomic mass is 9.85. The molecule has 2 aromatic rings. The fourth-order valence-corrected chi connectivity index (χ4v) is 5.15. The minimum absolute atomic E-state index is 0.116. The molecule has 0 saturated carbocycles. The van der Waals surface area contributed by atoms with E-state index in [1.54, 1.807) is 36.4 Å². The van der Waals surface area contributed by atoms with Crippen molar-refractivity contribution in [2.24, 2.45) is 0 Å². The molecule has 2 atom stereocenters. The molecule has 4 nitrogen and oxygen atoms in total. The van der Waals surface area contributed by atoms with E-state index in [9.17, 15) is 15.2 Å². The summed E-state index contributed by atoms with van der Waals surface area (Å²) in [7, 11) is 0.